The van der Waals surface area contributed by atoms with Gasteiger partial charge in [-0.05, 0) is 42.2 Å². The average molecular weight is 387 g/mol. The lowest BCUT2D eigenvalue weighted by Crippen LogP contribution is -2.46. The summed E-state index contributed by atoms with van der Waals surface area (Å²) in [7, 11) is 0. The van der Waals surface area contributed by atoms with Crippen molar-refractivity contribution in [2.45, 2.75) is 26.8 Å². The van der Waals surface area contributed by atoms with Crippen LogP contribution in [0.5, 0.6) is 0 Å². The first-order chi connectivity index (χ1) is 13.0. The fraction of sp³-hybridized carbons (Fsp3) is 0.429. The number of benzene rings is 1. The van der Waals surface area contributed by atoms with Crippen molar-refractivity contribution in [2.75, 3.05) is 31.1 Å². The number of rotatable bonds is 5. The standard InChI is InChI=1S/C21H24ClFN4/c1-15(2)10-16-11-19(23)17(13-24)21(12-16)27-8-6-26(7-9-27)14-20-18(22)4-3-5-25-20/h3-5,11-12,15H,6-10,14H2,1-2H3. The molecule has 1 aromatic heterocycles. The summed E-state index contributed by atoms with van der Waals surface area (Å²) in [5, 5.41) is 10.1. The Morgan fingerprint density at radius 2 is 2.00 bits per heavy atom. The number of anilines is 1. The predicted molar refractivity (Wildman–Crippen MR) is 106 cm³/mol. The topological polar surface area (TPSA) is 43.2 Å². The van der Waals surface area contributed by atoms with Gasteiger partial charge in [-0.25, -0.2) is 4.39 Å². The van der Waals surface area contributed by atoms with Crippen molar-refractivity contribution in [3.63, 3.8) is 0 Å². The number of nitriles is 1. The third-order valence-electron chi connectivity index (χ3n) is 4.81. The number of piperazine rings is 1. The van der Waals surface area contributed by atoms with E-state index in [1.165, 1.54) is 6.07 Å². The summed E-state index contributed by atoms with van der Waals surface area (Å²) < 4.78 is 14.4. The van der Waals surface area contributed by atoms with Gasteiger partial charge < -0.3 is 4.90 Å². The molecule has 3 rings (SSSR count). The molecule has 0 N–H and O–H groups in total. The lowest BCUT2D eigenvalue weighted by atomic mass is 9.99. The summed E-state index contributed by atoms with van der Waals surface area (Å²) in [4.78, 5) is 8.74. The maximum atomic E-state index is 14.4. The average Bonchev–Trinajstić information content (AvgIpc) is 2.63. The minimum absolute atomic E-state index is 0.142. The zero-order chi connectivity index (χ0) is 19.4. The van der Waals surface area contributed by atoms with Crippen LogP contribution >= 0.6 is 11.6 Å². The van der Waals surface area contributed by atoms with E-state index in [0.29, 0.717) is 23.2 Å². The molecule has 6 heteroatoms. The van der Waals surface area contributed by atoms with Crippen molar-refractivity contribution in [3.05, 3.63) is 58.1 Å². The van der Waals surface area contributed by atoms with Crippen molar-refractivity contribution < 1.29 is 4.39 Å². The van der Waals surface area contributed by atoms with E-state index in [4.69, 9.17) is 11.6 Å². The van der Waals surface area contributed by atoms with Crippen LogP contribution in [0.4, 0.5) is 10.1 Å². The summed E-state index contributed by atoms with van der Waals surface area (Å²) in [6, 6.07) is 9.20. The third kappa shape index (κ3) is 4.77. The molecule has 1 aliphatic rings. The van der Waals surface area contributed by atoms with Gasteiger partial charge in [-0.1, -0.05) is 25.4 Å². The molecule has 1 aliphatic heterocycles. The number of nitrogens with zero attached hydrogens (tertiary/aromatic N) is 4. The predicted octanol–water partition coefficient (Wildman–Crippen LogP) is 4.27. The number of aromatic nitrogens is 1. The molecule has 0 radical (unpaired) electrons. The van der Waals surface area contributed by atoms with E-state index in [2.05, 4.69) is 28.6 Å². The van der Waals surface area contributed by atoms with Gasteiger partial charge in [0, 0.05) is 38.9 Å². The van der Waals surface area contributed by atoms with E-state index in [0.717, 1.165) is 43.9 Å². The highest BCUT2D eigenvalue weighted by atomic mass is 35.5. The number of hydrogen-bond donors (Lipinski definition) is 0. The van der Waals surface area contributed by atoms with E-state index >= 15 is 0 Å². The van der Waals surface area contributed by atoms with E-state index in [1.807, 2.05) is 24.3 Å². The highest BCUT2D eigenvalue weighted by Gasteiger charge is 2.22. The van der Waals surface area contributed by atoms with Crippen LogP contribution in [-0.4, -0.2) is 36.1 Å². The molecule has 1 saturated heterocycles. The maximum absolute atomic E-state index is 14.4. The van der Waals surface area contributed by atoms with Crippen LogP contribution in [0.25, 0.3) is 0 Å². The molecule has 0 amide bonds. The van der Waals surface area contributed by atoms with Crippen molar-refractivity contribution >= 4 is 17.3 Å². The first kappa shape index (κ1) is 19.6. The fourth-order valence-electron chi connectivity index (χ4n) is 3.49. The van der Waals surface area contributed by atoms with Gasteiger partial charge in [-0.3, -0.25) is 9.88 Å². The minimum atomic E-state index is -0.423. The fourth-order valence-corrected chi connectivity index (χ4v) is 3.67. The smallest absolute Gasteiger partial charge is 0.143 e. The van der Waals surface area contributed by atoms with E-state index in [1.54, 1.807) is 6.20 Å². The molecule has 0 aliphatic carbocycles. The highest BCUT2D eigenvalue weighted by Crippen LogP contribution is 2.27. The molecule has 2 aromatic rings. The van der Waals surface area contributed by atoms with Crippen molar-refractivity contribution in [3.8, 4) is 6.07 Å². The Hall–Kier alpha value is -2.16. The van der Waals surface area contributed by atoms with Gasteiger partial charge in [0.2, 0.25) is 0 Å². The Labute approximate surface area is 165 Å². The largest absolute Gasteiger partial charge is 0.368 e. The third-order valence-corrected chi connectivity index (χ3v) is 5.15. The second-order valence-corrected chi connectivity index (χ2v) is 7.78. The molecule has 27 heavy (non-hydrogen) atoms. The molecule has 4 nitrogen and oxygen atoms in total. The quantitative estimate of drug-likeness (QED) is 0.769. The molecular weight excluding hydrogens is 363 g/mol. The molecule has 0 bridgehead atoms. The van der Waals surface area contributed by atoms with E-state index in [-0.39, 0.29) is 5.56 Å². The van der Waals surface area contributed by atoms with Gasteiger partial charge in [-0.2, -0.15) is 5.26 Å². The maximum Gasteiger partial charge on any atom is 0.143 e. The van der Waals surface area contributed by atoms with Crippen LogP contribution in [0, 0.1) is 23.1 Å². The van der Waals surface area contributed by atoms with Crippen LogP contribution in [-0.2, 0) is 13.0 Å². The minimum Gasteiger partial charge on any atom is -0.368 e. The molecule has 0 spiro atoms. The Balaban J connectivity index is 1.73. The summed E-state index contributed by atoms with van der Waals surface area (Å²) >= 11 is 6.21. The van der Waals surface area contributed by atoms with Crippen molar-refractivity contribution in [1.29, 1.82) is 5.26 Å². The van der Waals surface area contributed by atoms with Gasteiger partial charge in [0.15, 0.2) is 0 Å². The monoisotopic (exact) mass is 386 g/mol. The molecule has 0 unspecified atom stereocenters. The van der Waals surface area contributed by atoms with Gasteiger partial charge in [0.1, 0.15) is 17.4 Å². The molecular formula is C21H24ClFN4. The number of pyridine rings is 1. The zero-order valence-corrected chi connectivity index (χ0v) is 16.5. The van der Waals surface area contributed by atoms with Crippen LogP contribution in [0.15, 0.2) is 30.5 Å². The number of halogens is 2. The first-order valence-electron chi connectivity index (χ1n) is 9.27. The van der Waals surface area contributed by atoms with Gasteiger partial charge in [0.25, 0.3) is 0 Å². The molecule has 0 atom stereocenters. The van der Waals surface area contributed by atoms with Crippen molar-refractivity contribution in [1.82, 2.24) is 9.88 Å². The van der Waals surface area contributed by atoms with Crippen LogP contribution in [0.2, 0.25) is 5.02 Å². The van der Waals surface area contributed by atoms with Crippen molar-refractivity contribution in [2.24, 2.45) is 5.92 Å². The van der Waals surface area contributed by atoms with Gasteiger partial charge >= 0.3 is 0 Å². The van der Waals surface area contributed by atoms with E-state index in [9.17, 15) is 9.65 Å². The molecule has 142 valence electrons. The molecule has 0 saturated carbocycles. The molecule has 2 heterocycles. The van der Waals surface area contributed by atoms with Gasteiger partial charge in [0.05, 0.1) is 16.4 Å². The summed E-state index contributed by atoms with van der Waals surface area (Å²) in [5.41, 5.74) is 2.67. The zero-order valence-electron chi connectivity index (χ0n) is 15.8. The lowest BCUT2D eigenvalue weighted by molar-refractivity contribution is 0.247. The SMILES string of the molecule is CC(C)Cc1cc(F)c(C#N)c(N2CCN(Cc3ncccc3Cl)CC2)c1. The second kappa shape index (κ2) is 8.69. The lowest BCUT2D eigenvalue weighted by Gasteiger charge is -2.36. The second-order valence-electron chi connectivity index (χ2n) is 7.38. The highest BCUT2D eigenvalue weighted by molar-refractivity contribution is 6.31. The summed E-state index contributed by atoms with van der Waals surface area (Å²) in [6.07, 6.45) is 2.55. The Bertz CT molecular complexity index is 839. The Kier molecular flexibility index (Phi) is 6.30. The first-order valence-corrected chi connectivity index (χ1v) is 9.65. The van der Waals surface area contributed by atoms with Crippen LogP contribution in [0.3, 0.4) is 0 Å². The summed E-state index contributed by atoms with van der Waals surface area (Å²) in [6.45, 7) is 8.02. The van der Waals surface area contributed by atoms with Crippen LogP contribution < -0.4 is 4.90 Å². The Morgan fingerprint density at radius 3 is 2.63 bits per heavy atom. The molecule has 1 aromatic carbocycles. The molecule has 1 fully saturated rings. The van der Waals surface area contributed by atoms with Gasteiger partial charge in [-0.15, -0.1) is 0 Å². The normalized spacial score (nSPS) is 15.2. The van der Waals surface area contributed by atoms with E-state index < -0.39 is 5.82 Å². The number of hydrogen-bond acceptors (Lipinski definition) is 4. The van der Waals surface area contributed by atoms with Crippen LogP contribution in [0.1, 0.15) is 30.7 Å². The summed E-state index contributed by atoms with van der Waals surface area (Å²) in [5.74, 6) is 0.0125. The Morgan fingerprint density at radius 1 is 1.26 bits per heavy atom.